The Morgan fingerprint density at radius 3 is 2.31 bits per heavy atom. The van der Waals surface area contributed by atoms with Crippen molar-refractivity contribution >= 4 is 17.7 Å². The zero-order chi connectivity index (χ0) is 23.5. The number of aryl methyl sites for hydroxylation is 1. The van der Waals surface area contributed by atoms with Crippen molar-refractivity contribution in [1.29, 1.82) is 0 Å². The quantitative estimate of drug-likeness (QED) is 0.730. The highest BCUT2D eigenvalue weighted by atomic mass is 19.4. The van der Waals surface area contributed by atoms with E-state index in [0.717, 1.165) is 23.7 Å². The van der Waals surface area contributed by atoms with E-state index in [-0.39, 0.29) is 5.92 Å². The molecule has 0 spiro atoms. The van der Waals surface area contributed by atoms with E-state index in [1.165, 1.54) is 4.90 Å². The fraction of sp³-hybridized carbons (Fsp3) is 0.636. The van der Waals surface area contributed by atoms with Crippen LogP contribution in [0.25, 0.3) is 0 Å². The molecule has 1 aromatic carbocycles. The first-order valence-electron chi connectivity index (χ1n) is 10.9. The van der Waals surface area contributed by atoms with Gasteiger partial charge < -0.3 is 19.6 Å². The third kappa shape index (κ3) is 6.05. The molecule has 2 saturated heterocycles. The number of carbonyl (C=O) groups excluding carboxylic acids is 1. The van der Waals surface area contributed by atoms with Crippen molar-refractivity contribution in [1.82, 2.24) is 9.80 Å². The molecule has 0 radical (unpaired) electrons. The largest absolute Gasteiger partial charge is 0.481 e. The molecule has 0 aromatic heterocycles. The second-order valence-electron chi connectivity index (χ2n) is 8.55. The molecule has 178 valence electrons. The molecule has 2 aliphatic heterocycles. The number of benzene rings is 1. The van der Waals surface area contributed by atoms with Crippen LogP contribution in [-0.2, 0) is 16.1 Å². The summed E-state index contributed by atoms with van der Waals surface area (Å²) in [5, 5.41) is 9.20. The summed E-state index contributed by atoms with van der Waals surface area (Å²) in [7, 11) is 0. The van der Waals surface area contributed by atoms with Gasteiger partial charge in [0.25, 0.3) is 0 Å². The first-order chi connectivity index (χ1) is 15.0. The van der Waals surface area contributed by atoms with Crippen LogP contribution < -0.4 is 4.90 Å². The molecule has 1 amide bonds. The van der Waals surface area contributed by atoms with Crippen LogP contribution in [-0.4, -0.2) is 78.5 Å². The van der Waals surface area contributed by atoms with Crippen LogP contribution >= 0.6 is 0 Å². The van der Waals surface area contributed by atoms with Crippen LogP contribution in [0, 0.1) is 12.8 Å². The predicted octanol–water partition coefficient (Wildman–Crippen LogP) is 3.50. The fourth-order valence-corrected chi connectivity index (χ4v) is 4.10. The number of ether oxygens (including phenoxy) is 1. The zero-order valence-corrected chi connectivity index (χ0v) is 18.4. The Morgan fingerprint density at radius 1 is 1.12 bits per heavy atom. The van der Waals surface area contributed by atoms with Gasteiger partial charge in [-0.15, -0.1) is 0 Å². The van der Waals surface area contributed by atoms with Gasteiger partial charge in [-0.2, -0.15) is 13.2 Å². The van der Waals surface area contributed by atoms with Crippen molar-refractivity contribution < 1.29 is 32.6 Å². The van der Waals surface area contributed by atoms with Crippen LogP contribution in [0.4, 0.5) is 23.7 Å². The second-order valence-corrected chi connectivity index (χ2v) is 8.55. The van der Waals surface area contributed by atoms with Gasteiger partial charge in [-0.1, -0.05) is 12.1 Å². The van der Waals surface area contributed by atoms with Crippen LogP contribution in [0.2, 0.25) is 0 Å². The van der Waals surface area contributed by atoms with Crippen molar-refractivity contribution in [3.63, 3.8) is 0 Å². The van der Waals surface area contributed by atoms with Crippen LogP contribution in [0.15, 0.2) is 18.2 Å². The molecular formula is C22H30F3N3O4. The summed E-state index contributed by atoms with van der Waals surface area (Å²) in [6.45, 7) is 6.65. The summed E-state index contributed by atoms with van der Waals surface area (Å²) >= 11 is 0. The van der Waals surface area contributed by atoms with Gasteiger partial charge in [0.05, 0.1) is 5.92 Å². The fourth-order valence-electron chi connectivity index (χ4n) is 4.10. The van der Waals surface area contributed by atoms with Gasteiger partial charge in [-0.3, -0.25) is 9.69 Å². The SMILES string of the molecule is Cc1ccc(CN2CCN(C(=O)OC(C)C(F)(F)F)CC2)cc1N1CCC(C(=O)O)CC1. The number of rotatable bonds is 5. The van der Waals surface area contributed by atoms with Crippen molar-refractivity contribution in [3.8, 4) is 0 Å². The summed E-state index contributed by atoms with van der Waals surface area (Å²) in [6, 6.07) is 6.23. The number of anilines is 1. The number of alkyl halides is 3. The lowest BCUT2D eigenvalue weighted by Gasteiger charge is -2.35. The lowest BCUT2D eigenvalue weighted by Crippen LogP contribution is -2.49. The van der Waals surface area contributed by atoms with Gasteiger partial charge in [0.1, 0.15) is 0 Å². The van der Waals surface area contributed by atoms with E-state index >= 15 is 0 Å². The molecular weight excluding hydrogens is 427 g/mol. The number of carbonyl (C=O) groups is 2. The molecule has 2 fully saturated rings. The molecule has 0 bridgehead atoms. The maximum absolute atomic E-state index is 12.6. The normalized spacial score (nSPS) is 19.7. The molecule has 3 rings (SSSR count). The third-order valence-electron chi connectivity index (χ3n) is 6.23. The van der Waals surface area contributed by atoms with Crippen molar-refractivity contribution in [2.24, 2.45) is 5.92 Å². The van der Waals surface area contributed by atoms with E-state index in [1.54, 1.807) is 0 Å². The number of amides is 1. The molecule has 1 unspecified atom stereocenters. The number of piperidine rings is 1. The Labute approximate surface area is 185 Å². The maximum atomic E-state index is 12.6. The molecule has 2 heterocycles. The van der Waals surface area contributed by atoms with Gasteiger partial charge >= 0.3 is 18.2 Å². The highest BCUT2D eigenvalue weighted by molar-refractivity contribution is 5.70. The monoisotopic (exact) mass is 457 g/mol. The lowest BCUT2D eigenvalue weighted by molar-refractivity contribution is -0.200. The van der Waals surface area contributed by atoms with Crippen LogP contribution in [0.3, 0.4) is 0 Å². The average Bonchev–Trinajstić information content (AvgIpc) is 2.75. The lowest BCUT2D eigenvalue weighted by atomic mass is 9.96. The standard InChI is InChI=1S/C22H30F3N3O4/c1-15-3-4-17(13-19(15)27-7-5-18(6-8-27)20(29)30)14-26-9-11-28(12-10-26)21(31)32-16(2)22(23,24)25/h3-4,13,16,18H,5-12,14H2,1-2H3,(H,29,30). The van der Waals surface area contributed by atoms with Gasteiger partial charge in [0, 0.05) is 51.5 Å². The molecule has 1 N–H and O–H groups in total. The van der Waals surface area contributed by atoms with E-state index in [4.69, 9.17) is 0 Å². The average molecular weight is 457 g/mol. The van der Waals surface area contributed by atoms with Gasteiger partial charge in [-0.25, -0.2) is 4.79 Å². The van der Waals surface area contributed by atoms with Crippen LogP contribution in [0.5, 0.6) is 0 Å². The first-order valence-corrected chi connectivity index (χ1v) is 10.9. The number of carboxylic acid groups (broad SMARTS) is 1. The molecule has 0 aliphatic carbocycles. The molecule has 10 heteroatoms. The second kappa shape index (κ2) is 9.97. The Hall–Kier alpha value is -2.49. The van der Waals surface area contributed by atoms with E-state index in [9.17, 15) is 27.9 Å². The Bertz CT molecular complexity index is 817. The maximum Gasteiger partial charge on any atom is 0.425 e. The first kappa shape index (κ1) is 24.2. The number of carboxylic acids is 1. The molecule has 7 nitrogen and oxygen atoms in total. The summed E-state index contributed by atoms with van der Waals surface area (Å²) in [4.78, 5) is 28.9. The predicted molar refractivity (Wildman–Crippen MR) is 113 cm³/mol. The summed E-state index contributed by atoms with van der Waals surface area (Å²) in [5.41, 5.74) is 3.34. The Balaban J connectivity index is 1.53. The number of hydrogen-bond donors (Lipinski definition) is 1. The summed E-state index contributed by atoms with van der Waals surface area (Å²) in [5.74, 6) is -1.01. The van der Waals surface area contributed by atoms with Gasteiger partial charge in [-0.05, 0) is 43.9 Å². The number of halogens is 3. The van der Waals surface area contributed by atoms with E-state index in [1.807, 2.05) is 6.92 Å². The number of aliphatic carboxylic acids is 1. The number of piperazine rings is 1. The minimum Gasteiger partial charge on any atom is -0.481 e. The molecule has 32 heavy (non-hydrogen) atoms. The van der Waals surface area contributed by atoms with Crippen molar-refractivity contribution in [2.45, 2.75) is 45.5 Å². The Kier molecular flexibility index (Phi) is 7.53. The van der Waals surface area contributed by atoms with Crippen LogP contribution in [0.1, 0.15) is 30.9 Å². The molecule has 0 saturated carbocycles. The molecule has 1 atom stereocenters. The van der Waals surface area contributed by atoms with Crippen molar-refractivity contribution in [2.75, 3.05) is 44.2 Å². The summed E-state index contributed by atoms with van der Waals surface area (Å²) in [6.07, 6.45) is -6.37. The smallest absolute Gasteiger partial charge is 0.425 e. The topological polar surface area (TPSA) is 73.3 Å². The van der Waals surface area contributed by atoms with E-state index in [2.05, 4.69) is 32.7 Å². The van der Waals surface area contributed by atoms with E-state index < -0.39 is 24.3 Å². The molecule has 1 aromatic rings. The number of hydrogen-bond acceptors (Lipinski definition) is 5. The van der Waals surface area contributed by atoms with E-state index in [0.29, 0.717) is 58.7 Å². The summed E-state index contributed by atoms with van der Waals surface area (Å²) < 4.78 is 42.3. The minimum absolute atomic E-state index is 0.281. The highest BCUT2D eigenvalue weighted by Crippen LogP contribution is 2.28. The number of nitrogens with zero attached hydrogens (tertiary/aromatic N) is 3. The highest BCUT2D eigenvalue weighted by Gasteiger charge is 2.40. The Morgan fingerprint density at radius 2 is 1.75 bits per heavy atom. The third-order valence-corrected chi connectivity index (χ3v) is 6.23. The molecule has 2 aliphatic rings. The van der Waals surface area contributed by atoms with Gasteiger partial charge in [0.2, 0.25) is 0 Å². The van der Waals surface area contributed by atoms with Gasteiger partial charge in [0.15, 0.2) is 6.10 Å². The minimum atomic E-state index is -4.57. The van der Waals surface area contributed by atoms with Crippen molar-refractivity contribution in [3.05, 3.63) is 29.3 Å². The zero-order valence-electron chi connectivity index (χ0n) is 18.4.